The maximum atomic E-state index is 12.5. The van der Waals surface area contributed by atoms with E-state index in [0.717, 1.165) is 11.1 Å². The molecule has 1 aliphatic heterocycles. The van der Waals surface area contributed by atoms with Crippen molar-refractivity contribution in [1.29, 1.82) is 0 Å². The highest BCUT2D eigenvalue weighted by molar-refractivity contribution is 7.91. The van der Waals surface area contributed by atoms with Gasteiger partial charge in [0.25, 0.3) is 0 Å². The van der Waals surface area contributed by atoms with Gasteiger partial charge in [-0.2, -0.15) is 0 Å². The van der Waals surface area contributed by atoms with E-state index in [1.165, 1.54) is 12.1 Å². The van der Waals surface area contributed by atoms with Gasteiger partial charge in [-0.3, -0.25) is 4.79 Å². The summed E-state index contributed by atoms with van der Waals surface area (Å²) in [6.07, 6.45) is -0.236. The maximum Gasteiger partial charge on any atom is 0.306 e. The van der Waals surface area contributed by atoms with Crippen LogP contribution in [0, 0.1) is 13.8 Å². The number of hydrogen-bond donors (Lipinski definition) is 0. The van der Waals surface area contributed by atoms with Crippen LogP contribution in [0.5, 0.6) is 17.2 Å². The van der Waals surface area contributed by atoms with Crippen molar-refractivity contribution in [2.45, 2.75) is 25.2 Å². The largest absolute Gasteiger partial charge is 0.490 e. The molecule has 156 valence electrons. The number of sulfone groups is 1. The smallest absolute Gasteiger partial charge is 0.306 e. The van der Waals surface area contributed by atoms with Crippen molar-refractivity contribution in [3.63, 3.8) is 0 Å². The second kappa shape index (κ2) is 9.17. The van der Waals surface area contributed by atoms with Crippen LogP contribution in [-0.2, 0) is 19.4 Å². The van der Waals surface area contributed by atoms with Crippen molar-refractivity contribution in [1.82, 2.24) is 0 Å². The van der Waals surface area contributed by atoms with Crippen LogP contribution in [0.4, 0.5) is 0 Å². The molecule has 0 radical (unpaired) electrons. The minimum atomic E-state index is -3.64. The van der Waals surface area contributed by atoms with E-state index in [1.54, 1.807) is 6.07 Å². The summed E-state index contributed by atoms with van der Waals surface area (Å²) in [5, 5.41) is 0. The molecule has 0 N–H and O–H groups in total. The first-order valence-electron chi connectivity index (χ1n) is 9.33. The number of aryl methyl sites for hydroxylation is 2. The van der Waals surface area contributed by atoms with Gasteiger partial charge < -0.3 is 18.9 Å². The molecule has 0 bridgehead atoms. The SMILES string of the molecule is Cc1cc(C)cc(OCCOC(=O)CCS(=O)(=O)c2ccc3c(c2)OCCO3)c1. The molecule has 2 aromatic rings. The molecule has 0 spiro atoms. The van der Waals surface area contributed by atoms with E-state index in [1.807, 2.05) is 32.0 Å². The van der Waals surface area contributed by atoms with Gasteiger partial charge in [-0.25, -0.2) is 8.42 Å². The Morgan fingerprint density at radius 3 is 2.38 bits per heavy atom. The van der Waals surface area contributed by atoms with Crippen molar-refractivity contribution < 1.29 is 32.2 Å². The second-order valence-corrected chi connectivity index (χ2v) is 8.88. The predicted octanol–water partition coefficient (Wildman–Crippen LogP) is 2.86. The molecular weight excluding hydrogens is 396 g/mol. The Morgan fingerprint density at radius 1 is 0.966 bits per heavy atom. The summed E-state index contributed by atoms with van der Waals surface area (Å²) in [6.45, 7) is 4.99. The molecule has 1 heterocycles. The quantitative estimate of drug-likeness (QED) is 0.479. The normalized spacial score (nSPS) is 13.0. The number of hydrogen-bond acceptors (Lipinski definition) is 7. The van der Waals surface area contributed by atoms with Crippen LogP contribution in [0.1, 0.15) is 17.5 Å². The Kier molecular flexibility index (Phi) is 6.64. The summed E-state index contributed by atoms with van der Waals surface area (Å²) in [4.78, 5) is 12.0. The summed E-state index contributed by atoms with van der Waals surface area (Å²) in [5.41, 5.74) is 2.17. The summed E-state index contributed by atoms with van der Waals surface area (Å²) >= 11 is 0. The lowest BCUT2D eigenvalue weighted by Crippen LogP contribution is -2.18. The van der Waals surface area contributed by atoms with Gasteiger partial charge in [0, 0.05) is 6.07 Å². The summed E-state index contributed by atoms with van der Waals surface area (Å²) in [7, 11) is -3.64. The number of rotatable bonds is 8. The minimum Gasteiger partial charge on any atom is -0.490 e. The first-order chi connectivity index (χ1) is 13.8. The molecule has 7 nitrogen and oxygen atoms in total. The molecule has 0 amide bonds. The van der Waals surface area contributed by atoms with E-state index in [4.69, 9.17) is 18.9 Å². The number of benzene rings is 2. The van der Waals surface area contributed by atoms with Gasteiger partial charge in [-0.05, 0) is 49.2 Å². The number of fused-ring (bicyclic) bond motifs is 1. The number of esters is 1. The van der Waals surface area contributed by atoms with Crippen LogP contribution < -0.4 is 14.2 Å². The topological polar surface area (TPSA) is 88.1 Å². The van der Waals surface area contributed by atoms with Gasteiger partial charge in [-0.15, -0.1) is 0 Å². The fourth-order valence-corrected chi connectivity index (χ4v) is 4.19. The Morgan fingerprint density at radius 2 is 1.66 bits per heavy atom. The van der Waals surface area contributed by atoms with Crippen molar-refractivity contribution in [2.75, 3.05) is 32.2 Å². The molecule has 0 aromatic heterocycles. The molecule has 8 heteroatoms. The lowest BCUT2D eigenvalue weighted by Gasteiger charge is -2.18. The number of carbonyl (C=O) groups is 1. The van der Waals surface area contributed by atoms with Crippen LogP contribution in [0.15, 0.2) is 41.3 Å². The van der Waals surface area contributed by atoms with Crippen LogP contribution >= 0.6 is 0 Å². The molecule has 0 aliphatic carbocycles. The van der Waals surface area contributed by atoms with Crippen LogP contribution in [0.3, 0.4) is 0 Å². The van der Waals surface area contributed by atoms with E-state index in [9.17, 15) is 13.2 Å². The average Bonchev–Trinajstić information content (AvgIpc) is 2.68. The third-order valence-corrected chi connectivity index (χ3v) is 5.97. The Bertz CT molecular complexity index is 962. The highest BCUT2D eigenvalue weighted by Crippen LogP contribution is 2.32. The zero-order chi connectivity index (χ0) is 20.9. The highest BCUT2D eigenvalue weighted by atomic mass is 32.2. The molecule has 3 rings (SSSR count). The monoisotopic (exact) mass is 420 g/mol. The summed E-state index contributed by atoms with van der Waals surface area (Å²) < 4.78 is 46.4. The van der Waals surface area contributed by atoms with Crippen molar-refractivity contribution >= 4 is 15.8 Å². The zero-order valence-electron chi connectivity index (χ0n) is 16.5. The number of ether oxygens (including phenoxy) is 4. The molecule has 0 saturated carbocycles. The maximum absolute atomic E-state index is 12.5. The lowest BCUT2D eigenvalue weighted by atomic mass is 10.1. The number of carbonyl (C=O) groups excluding carboxylic acids is 1. The Labute approximate surface area is 170 Å². The van der Waals surface area contributed by atoms with E-state index < -0.39 is 15.8 Å². The third kappa shape index (κ3) is 5.87. The van der Waals surface area contributed by atoms with Gasteiger partial charge in [0.2, 0.25) is 0 Å². The second-order valence-electron chi connectivity index (χ2n) is 6.77. The Hall–Kier alpha value is -2.74. The van der Waals surface area contributed by atoms with Crippen LogP contribution in [0.25, 0.3) is 0 Å². The molecule has 0 atom stereocenters. The van der Waals surface area contributed by atoms with Crippen molar-refractivity contribution in [3.8, 4) is 17.2 Å². The standard InChI is InChI=1S/C21H24O7S/c1-15-11-16(2)13-17(12-15)25-6-9-28-21(22)5-10-29(23,24)18-3-4-19-20(14-18)27-8-7-26-19/h3-4,11-14H,5-10H2,1-2H3. The van der Waals surface area contributed by atoms with E-state index >= 15 is 0 Å². The van der Waals surface area contributed by atoms with Crippen LogP contribution in [-0.4, -0.2) is 46.6 Å². The fourth-order valence-electron chi connectivity index (χ4n) is 2.96. The molecule has 29 heavy (non-hydrogen) atoms. The first kappa shape index (κ1) is 21.0. The molecule has 1 aliphatic rings. The third-order valence-electron chi connectivity index (χ3n) is 4.26. The molecule has 2 aromatic carbocycles. The molecule has 0 unspecified atom stereocenters. The lowest BCUT2D eigenvalue weighted by molar-refractivity contribution is -0.143. The summed E-state index contributed by atoms with van der Waals surface area (Å²) in [6, 6.07) is 10.3. The van der Waals surface area contributed by atoms with E-state index in [-0.39, 0.29) is 30.3 Å². The van der Waals surface area contributed by atoms with E-state index in [0.29, 0.717) is 30.5 Å². The average molecular weight is 420 g/mol. The van der Waals surface area contributed by atoms with Gasteiger partial charge in [0.15, 0.2) is 21.3 Å². The fraction of sp³-hybridized carbons (Fsp3) is 0.381. The first-order valence-corrected chi connectivity index (χ1v) is 11.0. The van der Waals surface area contributed by atoms with Gasteiger partial charge >= 0.3 is 5.97 Å². The van der Waals surface area contributed by atoms with Crippen molar-refractivity contribution in [2.24, 2.45) is 0 Å². The van der Waals surface area contributed by atoms with Gasteiger partial charge in [0.1, 0.15) is 32.2 Å². The molecule has 0 saturated heterocycles. The van der Waals surface area contributed by atoms with E-state index in [2.05, 4.69) is 0 Å². The molecular formula is C21H24O7S. The van der Waals surface area contributed by atoms with Gasteiger partial charge in [-0.1, -0.05) is 6.07 Å². The van der Waals surface area contributed by atoms with Gasteiger partial charge in [0.05, 0.1) is 17.1 Å². The highest BCUT2D eigenvalue weighted by Gasteiger charge is 2.21. The minimum absolute atomic E-state index is 0.0515. The van der Waals surface area contributed by atoms with Crippen LogP contribution in [0.2, 0.25) is 0 Å². The van der Waals surface area contributed by atoms with Crippen molar-refractivity contribution in [3.05, 3.63) is 47.5 Å². The molecule has 0 fully saturated rings. The predicted molar refractivity (Wildman–Crippen MR) is 106 cm³/mol. The Balaban J connectivity index is 1.44. The zero-order valence-corrected chi connectivity index (χ0v) is 17.3. The summed E-state index contributed by atoms with van der Waals surface area (Å²) in [5.74, 6) is 0.681.